The standard InChI is InChI=1S/C28H25N3O6/c1-14-9-18(24(33)16-7-5-4-6-8-16)10-15(2)26(14)37-19-11-17(12-21(29)32)22-20(13-19)28(36-3)31-23(25(22)34)27(30)35/h4-11,13,34H,12H2,1-3H3,(H2,29,32)(H2,30,35). The quantitative estimate of drug-likeness (QED) is 0.312. The van der Waals surface area contributed by atoms with Crippen LogP contribution in [0.15, 0.2) is 54.6 Å². The second-order valence-electron chi connectivity index (χ2n) is 8.57. The molecule has 0 aliphatic heterocycles. The minimum absolute atomic E-state index is 0.00928. The van der Waals surface area contributed by atoms with E-state index in [2.05, 4.69) is 4.98 Å². The van der Waals surface area contributed by atoms with E-state index in [9.17, 15) is 19.5 Å². The molecule has 0 spiro atoms. The van der Waals surface area contributed by atoms with E-state index >= 15 is 0 Å². The van der Waals surface area contributed by atoms with Crippen molar-refractivity contribution in [2.75, 3.05) is 7.11 Å². The Hall–Kier alpha value is -4.92. The second kappa shape index (κ2) is 9.98. The lowest BCUT2D eigenvalue weighted by Crippen LogP contribution is -2.16. The largest absolute Gasteiger partial charge is 0.505 e. The van der Waals surface area contributed by atoms with Gasteiger partial charge in [0.05, 0.1) is 18.9 Å². The SMILES string of the molecule is COc1nc(C(N)=O)c(O)c2c(CC(N)=O)cc(Oc3c(C)cc(C(=O)c4ccccc4)cc3C)cc12. The van der Waals surface area contributed by atoms with Gasteiger partial charge < -0.3 is 26.0 Å². The summed E-state index contributed by atoms with van der Waals surface area (Å²) in [5.74, 6) is -1.38. The van der Waals surface area contributed by atoms with E-state index in [1.165, 1.54) is 7.11 Å². The van der Waals surface area contributed by atoms with E-state index < -0.39 is 23.3 Å². The Morgan fingerprint density at radius 3 is 2.16 bits per heavy atom. The summed E-state index contributed by atoms with van der Waals surface area (Å²) < 4.78 is 11.5. The molecule has 0 fully saturated rings. The van der Waals surface area contributed by atoms with Crippen molar-refractivity contribution in [2.45, 2.75) is 20.3 Å². The van der Waals surface area contributed by atoms with Crippen LogP contribution >= 0.6 is 0 Å². The van der Waals surface area contributed by atoms with Crippen LogP contribution in [0.4, 0.5) is 0 Å². The van der Waals surface area contributed by atoms with Crippen molar-refractivity contribution < 1.29 is 29.0 Å². The maximum Gasteiger partial charge on any atom is 0.271 e. The van der Waals surface area contributed by atoms with Crippen LogP contribution in [0.1, 0.15) is 43.1 Å². The van der Waals surface area contributed by atoms with Crippen LogP contribution in [-0.2, 0) is 11.2 Å². The molecule has 37 heavy (non-hydrogen) atoms. The Kier molecular flexibility index (Phi) is 6.79. The fourth-order valence-corrected chi connectivity index (χ4v) is 4.28. The van der Waals surface area contributed by atoms with Gasteiger partial charge in [0.15, 0.2) is 17.2 Å². The third kappa shape index (κ3) is 4.92. The molecule has 0 atom stereocenters. The summed E-state index contributed by atoms with van der Waals surface area (Å²) in [6.07, 6.45) is -0.255. The van der Waals surface area contributed by atoms with Crippen molar-refractivity contribution in [2.24, 2.45) is 11.5 Å². The van der Waals surface area contributed by atoms with Gasteiger partial charge >= 0.3 is 0 Å². The summed E-state index contributed by atoms with van der Waals surface area (Å²) in [5, 5.41) is 11.2. The molecule has 4 rings (SSSR count). The van der Waals surface area contributed by atoms with Crippen molar-refractivity contribution in [3.05, 3.63) is 88.1 Å². The highest BCUT2D eigenvalue weighted by Crippen LogP contribution is 2.40. The zero-order valence-corrected chi connectivity index (χ0v) is 20.5. The topological polar surface area (TPSA) is 155 Å². The summed E-state index contributed by atoms with van der Waals surface area (Å²) >= 11 is 0. The molecule has 5 N–H and O–H groups in total. The minimum Gasteiger partial charge on any atom is -0.505 e. The Morgan fingerprint density at radius 2 is 1.59 bits per heavy atom. The molecule has 0 bridgehead atoms. The number of carbonyl (C=O) groups is 3. The first-order valence-corrected chi connectivity index (χ1v) is 11.3. The van der Waals surface area contributed by atoms with Gasteiger partial charge in [-0.2, -0.15) is 0 Å². The molecule has 0 aliphatic rings. The van der Waals surface area contributed by atoms with Gasteiger partial charge in [0.2, 0.25) is 11.8 Å². The number of carbonyl (C=O) groups excluding carboxylic acids is 3. The maximum absolute atomic E-state index is 12.9. The van der Waals surface area contributed by atoms with Crippen molar-refractivity contribution in [1.29, 1.82) is 0 Å². The molecule has 0 saturated carbocycles. The van der Waals surface area contributed by atoms with Gasteiger partial charge in [0, 0.05) is 16.5 Å². The van der Waals surface area contributed by atoms with Crippen molar-refractivity contribution in [3.63, 3.8) is 0 Å². The van der Waals surface area contributed by atoms with Crippen LogP contribution in [0.2, 0.25) is 0 Å². The molecule has 9 heteroatoms. The Bertz CT molecular complexity index is 1540. The number of hydrogen-bond donors (Lipinski definition) is 3. The summed E-state index contributed by atoms with van der Waals surface area (Å²) in [6.45, 7) is 3.64. The van der Waals surface area contributed by atoms with Crippen LogP contribution in [0.5, 0.6) is 23.1 Å². The second-order valence-corrected chi connectivity index (χ2v) is 8.57. The molecule has 9 nitrogen and oxygen atoms in total. The molecule has 1 aromatic heterocycles. The van der Waals surface area contributed by atoms with Crippen LogP contribution in [0.3, 0.4) is 0 Å². The van der Waals surface area contributed by atoms with Crippen molar-refractivity contribution in [1.82, 2.24) is 4.98 Å². The number of nitrogens with zero attached hydrogens (tertiary/aromatic N) is 1. The van der Waals surface area contributed by atoms with Gasteiger partial charge in [-0.25, -0.2) is 4.98 Å². The number of ketones is 1. The Morgan fingerprint density at radius 1 is 0.946 bits per heavy atom. The first-order valence-electron chi connectivity index (χ1n) is 11.3. The predicted octanol–water partition coefficient (Wildman–Crippen LogP) is 3.72. The molecule has 0 saturated heterocycles. The van der Waals surface area contributed by atoms with E-state index in [0.717, 1.165) is 0 Å². The van der Waals surface area contributed by atoms with Crippen molar-refractivity contribution in [3.8, 4) is 23.1 Å². The summed E-state index contributed by atoms with van der Waals surface area (Å²) in [5.41, 5.74) is 13.2. The van der Waals surface area contributed by atoms with Gasteiger partial charge in [-0.05, 0) is 54.8 Å². The van der Waals surface area contributed by atoms with Crippen LogP contribution < -0.4 is 20.9 Å². The molecule has 188 valence electrons. The summed E-state index contributed by atoms with van der Waals surface area (Å²) in [6, 6.07) is 15.6. The highest BCUT2D eigenvalue weighted by molar-refractivity contribution is 6.09. The van der Waals surface area contributed by atoms with Crippen molar-refractivity contribution >= 4 is 28.4 Å². The third-order valence-electron chi connectivity index (χ3n) is 5.87. The van der Waals surface area contributed by atoms with E-state index in [1.807, 2.05) is 19.9 Å². The predicted molar refractivity (Wildman–Crippen MR) is 137 cm³/mol. The van der Waals surface area contributed by atoms with E-state index in [0.29, 0.717) is 44.7 Å². The van der Waals surface area contributed by atoms with Gasteiger partial charge in [0.1, 0.15) is 11.5 Å². The number of ether oxygens (including phenoxy) is 2. The fourth-order valence-electron chi connectivity index (χ4n) is 4.28. The zero-order valence-electron chi connectivity index (χ0n) is 20.5. The fraction of sp³-hybridized carbons (Fsp3) is 0.143. The zero-order chi connectivity index (χ0) is 26.9. The number of aryl methyl sites for hydroxylation is 2. The number of benzene rings is 3. The lowest BCUT2D eigenvalue weighted by atomic mass is 9.98. The molecule has 0 radical (unpaired) electrons. The normalized spacial score (nSPS) is 10.8. The van der Waals surface area contributed by atoms with Crippen LogP contribution in [0, 0.1) is 13.8 Å². The molecule has 0 aliphatic carbocycles. The minimum atomic E-state index is -0.959. The van der Waals surface area contributed by atoms with Gasteiger partial charge in [0.25, 0.3) is 5.91 Å². The summed E-state index contributed by atoms with van der Waals surface area (Å²) in [4.78, 5) is 40.6. The smallest absolute Gasteiger partial charge is 0.271 e. The number of aromatic hydroxyl groups is 1. The highest BCUT2D eigenvalue weighted by Gasteiger charge is 2.23. The first kappa shape index (κ1) is 25.2. The van der Waals surface area contributed by atoms with Crippen LogP contribution in [-0.4, -0.2) is 34.8 Å². The van der Waals surface area contributed by atoms with Crippen LogP contribution in [0.25, 0.3) is 10.8 Å². The molecule has 1 heterocycles. The highest BCUT2D eigenvalue weighted by atomic mass is 16.5. The molecule has 3 aromatic carbocycles. The number of primary amides is 2. The van der Waals surface area contributed by atoms with Gasteiger partial charge in [-0.1, -0.05) is 30.3 Å². The lowest BCUT2D eigenvalue weighted by molar-refractivity contribution is -0.117. The average molecular weight is 500 g/mol. The number of hydrogen-bond acceptors (Lipinski definition) is 7. The number of pyridine rings is 1. The number of amides is 2. The molecule has 2 amide bonds. The Labute approximate surface area is 212 Å². The number of fused-ring (bicyclic) bond motifs is 1. The molecular weight excluding hydrogens is 474 g/mol. The van der Waals surface area contributed by atoms with Gasteiger partial charge in [-0.15, -0.1) is 0 Å². The number of methoxy groups -OCH3 is 1. The van der Waals surface area contributed by atoms with Gasteiger partial charge in [-0.3, -0.25) is 14.4 Å². The van der Waals surface area contributed by atoms with E-state index in [-0.39, 0.29) is 23.5 Å². The molecular formula is C28H25N3O6. The number of rotatable bonds is 8. The first-order chi connectivity index (χ1) is 17.6. The van der Waals surface area contributed by atoms with E-state index in [1.54, 1.807) is 48.5 Å². The Balaban J connectivity index is 1.83. The summed E-state index contributed by atoms with van der Waals surface area (Å²) in [7, 11) is 1.35. The van der Waals surface area contributed by atoms with E-state index in [4.69, 9.17) is 20.9 Å². The number of aromatic nitrogens is 1. The average Bonchev–Trinajstić information content (AvgIpc) is 2.85. The third-order valence-corrected chi connectivity index (χ3v) is 5.87. The lowest BCUT2D eigenvalue weighted by Gasteiger charge is -2.17. The number of nitrogens with two attached hydrogens (primary N) is 2. The monoisotopic (exact) mass is 499 g/mol. The maximum atomic E-state index is 12.9. The molecule has 0 unspecified atom stereocenters. The molecule has 4 aromatic rings.